The smallest absolute Gasteiger partial charge is 0.233 e. The summed E-state index contributed by atoms with van der Waals surface area (Å²) < 4.78 is 14.4. The first kappa shape index (κ1) is 14.2. The fourth-order valence-electron chi connectivity index (χ4n) is 4.66. The third kappa shape index (κ3) is 1.79. The van der Waals surface area contributed by atoms with E-state index in [1.54, 1.807) is 12.1 Å². The molecule has 0 radical (unpaired) electrons. The molecule has 3 atom stereocenters. The summed E-state index contributed by atoms with van der Waals surface area (Å²) in [6.07, 6.45) is 0.740. The Morgan fingerprint density at radius 3 is 2.36 bits per heavy atom. The van der Waals surface area contributed by atoms with Crippen molar-refractivity contribution in [2.75, 3.05) is 26.2 Å². The van der Waals surface area contributed by atoms with Crippen LogP contribution >= 0.6 is 0 Å². The van der Waals surface area contributed by atoms with Gasteiger partial charge in [-0.3, -0.25) is 4.79 Å². The van der Waals surface area contributed by atoms with Crippen LogP contribution in [0.15, 0.2) is 24.3 Å². The van der Waals surface area contributed by atoms with Crippen molar-refractivity contribution < 1.29 is 9.18 Å². The molecule has 22 heavy (non-hydrogen) atoms. The van der Waals surface area contributed by atoms with Crippen molar-refractivity contribution in [3.05, 3.63) is 35.6 Å². The Hall–Kier alpha value is -1.42. The molecular weight excluding hydrogens is 279 g/mol. The normalized spacial score (nSPS) is 35.5. The van der Waals surface area contributed by atoms with Gasteiger partial charge in [-0.2, -0.15) is 0 Å². The van der Waals surface area contributed by atoms with Crippen molar-refractivity contribution in [3.8, 4) is 0 Å². The Kier molecular flexibility index (Phi) is 2.93. The number of amides is 1. The van der Waals surface area contributed by atoms with Gasteiger partial charge in [-0.1, -0.05) is 32.0 Å². The van der Waals surface area contributed by atoms with Gasteiger partial charge in [0.15, 0.2) is 0 Å². The van der Waals surface area contributed by atoms with Crippen LogP contribution in [-0.4, -0.2) is 37.0 Å². The third-order valence-corrected chi connectivity index (χ3v) is 6.11. The highest BCUT2D eigenvalue weighted by atomic mass is 19.1. The standard InChI is InChI=1S/C18H23FN2O/c1-17(2)11-18(17,14-5-3-4-6-15(14)19)16(22)21-9-12-7-20-8-13(12)10-21/h3-6,12-13,20H,7-11H2,1-2H3/t12-,13+,18-/m0/s1. The average Bonchev–Trinajstić information content (AvgIpc) is 2.83. The molecule has 0 spiro atoms. The molecule has 118 valence electrons. The number of halogens is 1. The van der Waals surface area contributed by atoms with Crippen LogP contribution < -0.4 is 5.32 Å². The molecule has 0 aromatic heterocycles. The maximum absolute atomic E-state index is 14.4. The third-order valence-electron chi connectivity index (χ3n) is 6.11. The molecule has 4 rings (SSSR count). The lowest BCUT2D eigenvalue weighted by atomic mass is 9.86. The Bertz CT molecular complexity index is 617. The van der Waals surface area contributed by atoms with E-state index in [1.165, 1.54) is 6.07 Å². The van der Waals surface area contributed by atoms with Crippen molar-refractivity contribution in [2.24, 2.45) is 17.3 Å². The van der Waals surface area contributed by atoms with Crippen LogP contribution in [0.2, 0.25) is 0 Å². The SMILES string of the molecule is CC1(C)C[C@@]1(C(=O)N1C[C@H]2CNC[C@H]2C1)c1ccccc1F. The number of carbonyl (C=O) groups is 1. The molecule has 1 aromatic carbocycles. The number of fused-ring (bicyclic) bond motifs is 1. The summed E-state index contributed by atoms with van der Waals surface area (Å²) in [4.78, 5) is 15.3. The van der Waals surface area contributed by atoms with Crippen molar-refractivity contribution in [1.82, 2.24) is 10.2 Å². The number of benzene rings is 1. The number of hydrogen-bond acceptors (Lipinski definition) is 2. The molecule has 1 saturated carbocycles. The van der Waals surface area contributed by atoms with E-state index in [4.69, 9.17) is 0 Å². The molecule has 3 fully saturated rings. The lowest BCUT2D eigenvalue weighted by Crippen LogP contribution is -2.42. The molecule has 2 aliphatic heterocycles. The van der Waals surface area contributed by atoms with E-state index in [0.717, 1.165) is 32.6 Å². The molecule has 1 aromatic rings. The fourth-order valence-corrected chi connectivity index (χ4v) is 4.66. The lowest BCUT2D eigenvalue weighted by molar-refractivity contribution is -0.134. The minimum absolute atomic E-state index is 0.136. The van der Waals surface area contributed by atoms with Gasteiger partial charge < -0.3 is 10.2 Å². The maximum Gasteiger partial charge on any atom is 0.233 e. The second-order valence-electron chi connectivity index (χ2n) is 7.83. The summed E-state index contributed by atoms with van der Waals surface area (Å²) in [7, 11) is 0. The van der Waals surface area contributed by atoms with Crippen LogP contribution in [0.1, 0.15) is 25.8 Å². The second kappa shape index (κ2) is 4.54. The van der Waals surface area contributed by atoms with Gasteiger partial charge in [-0.25, -0.2) is 4.39 Å². The molecule has 0 unspecified atom stereocenters. The average molecular weight is 302 g/mol. The number of likely N-dealkylation sites (tertiary alicyclic amines) is 1. The van der Waals surface area contributed by atoms with E-state index >= 15 is 0 Å². The molecule has 1 aliphatic carbocycles. The number of rotatable bonds is 2. The zero-order valence-electron chi connectivity index (χ0n) is 13.2. The van der Waals surface area contributed by atoms with E-state index in [0.29, 0.717) is 17.4 Å². The monoisotopic (exact) mass is 302 g/mol. The molecule has 4 heteroatoms. The molecule has 3 nitrogen and oxygen atoms in total. The summed E-state index contributed by atoms with van der Waals surface area (Å²) in [5.74, 6) is 1.03. The minimum atomic E-state index is -0.662. The highest BCUT2D eigenvalue weighted by molar-refractivity contribution is 5.93. The second-order valence-corrected chi connectivity index (χ2v) is 7.83. The first-order valence-corrected chi connectivity index (χ1v) is 8.21. The summed E-state index contributed by atoms with van der Waals surface area (Å²) in [5.41, 5.74) is -0.243. The minimum Gasteiger partial charge on any atom is -0.341 e. The van der Waals surface area contributed by atoms with Crippen LogP contribution in [0.5, 0.6) is 0 Å². The quantitative estimate of drug-likeness (QED) is 0.908. The van der Waals surface area contributed by atoms with Crippen LogP contribution in [0.4, 0.5) is 4.39 Å². The predicted octanol–water partition coefficient (Wildman–Crippen LogP) is 2.17. The van der Waals surface area contributed by atoms with Crippen molar-refractivity contribution in [3.63, 3.8) is 0 Å². The Balaban J connectivity index is 1.67. The molecule has 2 saturated heterocycles. The molecule has 1 N–H and O–H groups in total. The molecule has 0 bridgehead atoms. The van der Waals surface area contributed by atoms with Crippen molar-refractivity contribution in [1.29, 1.82) is 0 Å². The van der Waals surface area contributed by atoms with Crippen molar-refractivity contribution in [2.45, 2.75) is 25.7 Å². The zero-order valence-corrected chi connectivity index (χ0v) is 13.2. The van der Waals surface area contributed by atoms with E-state index in [9.17, 15) is 9.18 Å². The molecule has 1 amide bonds. The predicted molar refractivity (Wildman–Crippen MR) is 82.9 cm³/mol. The van der Waals surface area contributed by atoms with E-state index in [-0.39, 0.29) is 17.1 Å². The van der Waals surface area contributed by atoms with Gasteiger partial charge in [0.25, 0.3) is 0 Å². The summed E-state index contributed by atoms with van der Waals surface area (Å²) in [5, 5.41) is 3.40. The van der Waals surface area contributed by atoms with Crippen LogP contribution in [0, 0.1) is 23.1 Å². The first-order chi connectivity index (χ1) is 10.5. The largest absolute Gasteiger partial charge is 0.341 e. The van der Waals surface area contributed by atoms with E-state index in [2.05, 4.69) is 19.2 Å². The summed E-state index contributed by atoms with van der Waals surface area (Å²) >= 11 is 0. The Morgan fingerprint density at radius 1 is 1.23 bits per heavy atom. The van der Waals surface area contributed by atoms with Crippen LogP contribution in [0.25, 0.3) is 0 Å². The number of nitrogens with one attached hydrogen (secondary N) is 1. The highest BCUT2D eigenvalue weighted by Crippen LogP contribution is 2.65. The topological polar surface area (TPSA) is 32.3 Å². The van der Waals surface area contributed by atoms with Gasteiger partial charge in [-0.15, -0.1) is 0 Å². The van der Waals surface area contributed by atoms with Gasteiger partial charge >= 0.3 is 0 Å². The number of nitrogens with zero attached hydrogens (tertiary/aromatic N) is 1. The Labute approximate surface area is 130 Å². The Morgan fingerprint density at radius 2 is 1.82 bits per heavy atom. The zero-order chi connectivity index (χ0) is 15.5. The van der Waals surface area contributed by atoms with Gasteiger partial charge in [0.2, 0.25) is 5.91 Å². The number of hydrogen-bond donors (Lipinski definition) is 1. The van der Waals surface area contributed by atoms with E-state index in [1.807, 2.05) is 11.0 Å². The fraction of sp³-hybridized carbons (Fsp3) is 0.611. The lowest BCUT2D eigenvalue weighted by Gasteiger charge is -2.27. The summed E-state index contributed by atoms with van der Waals surface area (Å²) in [6.45, 7) is 7.81. The highest BCUT2D eigenvalue weighted by Gasteiger charge is 2.69. The van der Waals surface area contributed by atoms with Crippen molar-refractivity contribution >= 4 is 5.91 Å². The van der Waals surface area contributed by atoms with E-state index < -0.39 is 5.41 Å². The van der Waals surface area contributed by atoms with Gasteiger partial charge in [0.1, 0.15) is 5.82 Å². The molecule has 3 aliphatic rings. The molecule has 2 heterocycles. The summed E-state index contributed by atoms with van der Waals surface area (Å²) in [6, 6.07) is 6.80. The van der Waals surface area contributed by atoms with Crippen LogP contribution in [0.3, 0.4) is 0 Å². The first-order valence-electron chi connectivity index (χ1n) is 8.21. The van der Waals surface area contributed by atoms with Gasteiger partial charge in [0.05, 0.1) is 5.41 Å². The maximum atomic E-state index is 14.4. The molecular formula is C18H23FN2O. The van der Waals surface area contributed by atoms with Gasteiger partial charge in [-0.05, 0) is 29.7 Å². The van der Waals surface area contributed by atoms with Crippen LogP contribution in [-0.2, 0) is 10.2 Å². The van der Waals surface area contributed by atoms with Gasteiger partial charge in [0, 0.05) is 31.7 Å². The number of carbonyl (C=O) groups excluding carboxylic acids is 1.